The van der Waals surface area contributed by atoms with Gasteiger partial charge in [-0.05, 0) is 51.1 Å². The number of carbonyl (C=O) groups is 2. The number of ether oxygens (including phenoxy) is 1. The van der Waals surface area contributed by atoms with E-state index in [1.807, 2.05) is 0 Å². The average Bonchev–Trinajstić information content (AvgIpc) is 3.02. The first-order valence-electron chi connectivity index (χ1n) is 7.74. The van der Waals surface area contributed by atoms with Gasteiger partial charge in [-0.1, -0.05) is 0 Å². The predicted octanol–water partition coefficient (Wildman–Crippen LogP) is 2.25. The van der Waals surface area contributed by atoms with Gasteiger partial charge in [-0.3, -0.25) is 4.79 Å². The minimum Gasteiger partial charge on any atom is -0.459 e. The number of esters is 1. The van der Waals surface area contributed by atoms with E-state index in [1.165, 1.54) is 10.8 Å². The zero-order valence-electron chi connectivity index (χ0n) is 14.1. The molecule has 0 aliphatic carbocycles. The Labute approximate surface area is 143 Å². The lowest BCUT2D eigenvalue weighted by molar-refractivity contribution is 0.0378. The molecule has 0 atom stereocenters. The molecule has 8 nitrogen and oxygen atoms in total. The van der Waals surface area contributed by atoms with Crippen LogP contribution >= 0.6 is 0 Å². The predicted molar refractivity (Wildman–Crippen MR) is 90.5 cm³/mol. The van der Waals surface area contributed by atoms with Gasteiger partial charge in [-0.2, -0.15) is 14.6 Å². The highest BCUT2D eigenvalue weighted by atomic mass is 16.5. The van der Waals surface area contributed by atoms with Gasteiger partial charge in [-0.15, -0.1) is 0 Å². The number of aryl methyl sites for hydroxylation is 1. The van der Waals surface area contributed by atoms with Crippen LogP contribution in [0.4, 0.5) is 5.69 Å². The van der Waals surface area contributed by atoms with Gasteiger partial charge in [0.1, 0.15) is 12.0 Å². The van der Waals surface area contributed by atoms with Crippen molar-refractivity contribution in [2.75, 3.05) is 5.32 Å². The Morgan fingerprint density at radius 3 is 2.60 bits per heavy atom. The molecule has 25 heavy (non-hydrogen) atoms. The minimum atomic E-state index is -0.401. The molecule has 1 aromatic carbocycles. The Hall–Kier alpha value is -3.29. The summed E-state index contributed by atoms with van der Waals surface area (Å²) in [5.41, 5.74) is 1.96. The van der Waals surface area contributed by atoms with Gasteiger partial charge >= 0.3 is 5.97 Å². The molecule has 0 saturated carbocycles. The zero-order valence-corrected chi connectivity index (χ0v) is 14.1. The highest BCUT2D eigenvalue weighted by Crippen LogP contribution is 2.13. The van der Waals surface area contributed by atoms with Crippen LogP contribution in [0.25, 0.3) is 5.78 Å². The molecule has 2 heterocycles. The molecular formula is C17H17N5O3. The second-order valence-corrected chi connectivity index (χ2v) is 5.74. The highest BCUT2D eigenvalue weighted by Gasteiger charge is 2.14. The molecule has 0 fully saturated rings. The number of rotatable bonds is 4. The van der Waals surface area contributed by atoms with Gasteiger partial charge in [-0.25, -0.2) is 9.78 Å². The quantitative estimate of drug-likeness (QED) is 0.732. The number of benzene rings is 1. The molecule has 0 aliphatic heterocycles. The molecule has 128 valence electrons. The fourth-order valence-corrected chi connectivity index (χ4v) is 2.26. The van der Waals surface area contributed by atoms with Crippen molar-refractivity contribution >= 4 is 23.3 Å². The standard InChI is InChI=1S/C17H17N5O3/c1-10(2)25-16(24)12-4-6-13(7-5-12)21-15(23)14-8-11(3)20-17-18-9-19-22(14)17/h4-10H,1-3H3,(H,21,23). The van der Waals surface area contributed by atoms with Crippen LogP contribution < -0.4 is 5.32 Å². The summed E-state index contributed by atoms with van der Waals surface area (Å²) in [5, 5.41) is 6.78. The second kappa shape index (κ2) is 6.68. The van der Waals surface area contributed by atoms with E-state index in [9.17, 15) is 9.59 Å². The molecule has 8 heteroatoms. The Balaban J connectivity index is 1.79. The summed E-state index contributed by atoms with van der Waals surface area (Å²) >= 11 is 0. The third-order valence-corrected chi connectivity index (χ3v) is 3.33. The van der Waals surface area contributed by atoms with Crippen molar-refractivity contribution in [1.29, 1.82) is 0 Å². The van der Waals surface area contributed by atoms with Gasteiger partial charge in [0.05, 0.1) is 11.7 Å². The lowest BCUT2D eigenvalue weighted by Crippen LogP contribution is -2.17. The Morgan fingerprint density at radius 2 is 1.92 bits per heavy atom. The van der Waals surface area contributed by atoms with Gasteiger partial charge in [0, 0.05) is 11.4 Å². The normalized spacial score (nSPS) is 10.9. The summed E-state index contributed by atoms with van der Waals surface area (Å²) in [7, 11) is 0. The van der Waals surface area contributed by atoms with Crippen molar-refractivity contribution in [3.05, 3.63) is 53.6 Å². The van der Waals surface area contributed by atoms with Crippen molar-refractivity contribution in [3.8, 4) is 0 Å². The van der Waals surface area contributed by atoms with Crippen molar-refractivity contribution in [1.82, 2.24) is 19.6 Å². The minimum absolute atomic E-state index is 0.188. The van der Waals surface area contributed by atoms with E-state index in [0.717, 1.165) is 0 Å². The number of carbonyl (C=O) groups excluding carboxylic acids is 2. The van der Waals surface area contributed by atoms with Crippen molar-refractivity contribution in [3.63, 3.8) is 0 Å². The summed E-state index contributed by atoms with van der Waals surface area (Å²) in [6.45, 7) is 5.35. The Bertz CT molecular complexity index is 931. The number of hydrogen-bond donors (Lipinski definition) is 1. The summed E-state index contributed by atoms with van der Waals surface area (Å²) in [6, 6.07) is 8.11. The molecule has 3 rings (SSSR count). The Kier molecular flexibility index (Phi) is 4.42. The maximum absolute atomic E-state index is 12.5. The molecule has 0 unspecified atom stereocenters. The first kappa shape index (κ1) is 16.6. The fraction of sp³-hybridized carbons (Fsp3) is 0.235. The molecule has 0 aliphatic rings. The van der Waals surface area contributed by atoms with Crippen LogP contribution in [0, 0.1) is 6.92 Å². The van der Waals surface area contributed by atoms with E-state index in [2.05, 4.69) is 20.4 Å². The molecule has 0 spiro atoms. The van der Waals surface area contributed by atoms with E-state index >= 15 is 0 Å². The maximum atomic E-state index is 12.5. The van der Waals surface area contributed by atoms with Gasteiger partial charge in [0.2, 0.25) is 0 Å². The van der Waals surface area contributed by atoms with Crippen LogP contribution in [0.1, 0.15) is 40.4 Å². The van der Waals surface area contributed by atoms with Crippen LogP contribution in [-0.4, -0.2) is 37.6 Å². The summed E-state index contributed by atoms with van der Waals surface area (Å²) in [4.78, 5) is 32.5. The molecule has 3 aromatic rings. The second-order valence-electron chi connectivity index (χ2n) is 5.74. The smallest absolute Gasteiger partial charge is 0.338 e. The van der Waals surface area contributed by atoms with Crippen LogP contribution in [0.3, 0.4) is 0 Å². The third-order valence-electron chi connectivity index (χ3n) is 3.33. The van der Waals surface area contributed by atoms with Gasteiger partial charge < -0.3 is 10.1 Å². The molecule has 2 aromatic heterocycles. The molecule has 0 saturated heterocycles. The largest absolute Gasteiger partial charge is 0.459 e. The Morgan fingerprint density at radius 1 is 1.20 bits per heavy atom. The molecule has 1 N–H and O–H groups in total. The van der Waals surface area contributed by atoms with Crippen LogP contribution in [0.15, 0.2) is 36.7 Å². The van der Waals surface area contributed by atoms with Crippen molar-refractivity contribution in [2.45, 2.75) is 26.9 Å². The number of anilines is 1. The molecule has 0 bridgehead atoms. The van der Waals surface area contributed by atoms with Gasteiger partial charge in [0.25, 0.3) is 11.7 Å². The fourth-order valence-electron chi connectivity index (χ4n) is 2.26. The first-order valence-corrected chi connectivity index (χ1v) is 7.74. The van der Waals surface area contributed by atoms with E-state index in [4.69, 9.17) is 4.74 Å². The number of amides is 1. The van der Waals surface area contributed by atoms with Crippen LogP contribution in [0.5, 0.6) is 0 Å². The number of nitrogens with zero attached hydrogens (tertiary/aromatic N) is 4. The monoisotopic (exact) mass is 339 g/mol. The van der Waals surface area contributed by atoms with Crippen molar-refractivity contribution < 1.29 is 14.3 Å². The number of hydrogen-bond acceptors (Lipinski definition) is 6. The van der Waals surface area contributed by atoms with E-state index in [1.54, 1.807) is 51.1 Å². The molecule has 0 radical (unpaired) electrons. The van der Waals surface area contributed by atoms with E-state index in [0.29, 0.717) is 28.4 Å². The van der Waals surface area contributed by atoms with Crippen LogP contribution in [0.2, 0.25) is 0 Å². The molecular weight excluding hydrogens is 322 g/mol. The number of nitrogens with one attached hydrogen (secondary N) is 1. The van der Waals surface area contributed by atoms with Gasteiger partial charge in [0.15, 0.2) is 0 Å². The number of fused-ring (bicyclic) bond motifs is 1. The highest BCUT2D eigenvalue weighted by molar-refractivity contribution is 6.03. The van der Waals surface area contributed by atoms with Crippen molar-refractivity contribution in [2.24, 2.45) is 0 Å². The summed E-state index contributed by atoms with van der Waals surface area (Å²) in [6.07, 6.45) is 1.15. The first-order chi connectivity index (χ1) is 11.9. The van der Waals surface area contributed by atoms with E-state index in [-0.39, 0.29) is 12.0 Å². The molecule has 1 amide bonds. The SMILES string of the molecule is Cc1cc(C(=O)Nc2ccc(C(=O)OC(C)C)cc2)n2ncnc2n1. The summed E-state index contributed by atoms with van der Waals surface area (Å²) < 4.78 is 6.50. The van der Waals surface area contributed by atoms with Crippen LogP contribution in [-0.2, 0) is 4.74 Å². The number of aromatic nitrogens is 4. The third kappa shape index (κ3) is 3.63. The summed E-state index contributed by atoms with van der Waals surface area (Å²) in [5.74, 6) is -0.391. The maximum Gasteiger partial charge on any atom is 0.338 e. The zero-order chi connectivity index (χ0) is 18.0. The lowest BCUT2D eigenvalue weighted by atomic mass is 10.2. The lowest BCUT2D eigenvalue weighted by Gasteiger charge is -2.09. The topological polar surface area (TPSA) is 98.5 Å². The van der Waals surface area contributed by atoms with E-state index < -0.39 is 5.97 Å². The average molecular weight is 339 g/mol.